The number of amides is 1. The molecule has 0 unspecified atom stereocenters. The van der Waals surface area contributed by atoms with Crippen LogP contribution in [0.5, 0.6) is 5.75 Å². The number of benzene rings is 1. The molecule has 1 aromatic carbocycles. The molecule has 1 aliphatic heterocycles. The van der Waals surface area contributed by atoms with E-state index in [4.69, 9.17) is 16.2 Å². The number of carbonyl (C=O) groups excluding carboxylic acids is 1. The first-order valence-electron chi connectivity index (χ1n) is 8.81. The van der Waals surface area contributed by atoms with Crippen molar-refractivity contribution in [2.24, 2.45) is 5.73 Å². The zero-order valence-corrected chi connectivity index (χ0v) is 16.8. The molecular formula is C19H24BN3O4S. The first-order valence-corrected chi connectivity index (χ1v) is 9.33. The van der Waals surface area contributed by atoms with Crippen LogP contribution >= 0.6 is 12.5 Å². The standard InChI is InChI=1S/C19H23N3O4.BHS/c1-10-3-4-15(23)11(2)16(10)22-17(20)14(18(21)24)9-13(19(22)25)12-5-7-26-8-6-12;1-2/h3-4,9,12,23H,5-8,20H2,1-2H3,(H2,21,24);2H. The van der Waals surface area contributed by atoms with E-state index in [2.05, 4.69) is 19.6 Å². The third-order valence-electron chi connectivity index (χ3n) is 5.02. The van der Waals surface area contributed by atoms with Gasteiger partial charge in [0, 0.05) is 24.3 Å². The highest BCUT2D eigenvalue weighted by Crippen LogP contribution is 2.31. The molecular weight excluding hydrogens is 377 g/mol. The van der Waals surface area contributed by atoms with Crippen molar-refractivity contribution >= 4 is 31.3 Å². The monoisotopic (exact) mass is 401 g/mol. The minimum atomic E-state index is -0.694. The summed E-state index contributed by atoms with van der Waals surface area (Å²) in [6.07, 6.45) is 1.38. The van der Waals surface area contributed by atoms with Crippen molar-refractivity contribution < 1.29 is 14.6 Å². The molecule has 2 heterocycles. The van der Waals surface area contributed by atoms with Crippen molar-refractivity contribution in [2.45, 2.75) is 32.6 Å². The number of primary amides is 1. The lowest BCUT2D eigenvalue weighted by Crippen LogP contribution is -2.32. The molecule has 0 saturated carbocycles. The molecule has 0 atom stereocenters. The number of nitrogens with two attached hydrogens (primary N) is 2. The van der Waals surface area contributed by atoms with Gasteiger partial charge in [0.2, 0.25) is 0 Å². The van der Waals surface area contributed by atoms with Crippen LogP contribution in [0, 0.1) is 13.8 Å². The number of aryl methyl sites for hydroxylation is 1. The Labute approximate surface area is 170 Å². The molecule has 28 heavy (non-hydrogen) atoms. The number of hydrogen-bond acceptors (Lipinski definition) is 6. The zero-order valence-electron chi connectivity index (χ0n) is 15.9. The molecule has 1 fully saturated rings. The fourth-order valence-electron chi connectivity index (χ4n) is 3.54. The van der Waals surface area contributed by atoms with Gasteiger partial charge in [-0.2, -0.15) is 0 Å². The number of phenols is 1. The molecule has 1 amide bonds. The summed E-state index contributed by atoms with van der Waals surface area (Å²) in [7, 11) is 4.19. The molecule has 148 valence electrons. The van der Waals surface area contributed by atoms with Gasteiger partial charge in [0.25, 0.3) is 11.5 Å². The van der Waals surface area contributed by atoms with E-state index in [0.29, 0.717) is 42.9 Å². The molecule has 2 radical (unpaired) electrons. The normalized spacial score (nSPS) is 14.2. The van der Waals surface area contributed by atoms with E-state index in [-0.39, 0.29) is 28.6 Å². The molecule has 3 rings (SSSR count). The highest BCUT2D eigenvalue weighted by molar-refractivity contribution is 8.03. The maximum absolute atomic E-state index is 13.3. The lowest BCUT2D eigenvalue weighted by Gasteiger charge is -2.25. The number of carbonyl (C=O) groups is 1. The molecule has 7 nitrogen and oxygen atoms in total. The van der Waals surface area contributed by atoms with E-state index in [0.717, 1.165) is 5.56 Å². The lowest BCUT2D eigenvalue weighted by atomic mass is 9.91. The fraction of sp³-hybridized carbons (Fsp3) is 0.368. The first-order chi connectivity index (χ1) is 13.3. The summed E-state index contributed by atoms with van der Waals surface area (Å²) >= 11 is 3.03. The van der Waals surface area contributed by atoms with E-state index in [1.54, 1.807) is 19.1 Å². The van der Waals surface area contributed by atoms with Crippen LogP contribution in [0.4, 0.5) is 5.82 Å². The zero-order chi connectivity index (χ0) is 21.0. The van der Waals surface area contributed by atoms with E-state index < -0.39 is 5.91 Å². The number of aromatic hydroxyl groups is 1. The Balaban J connectivity index is 0.00000136. The molecule has 5 N–H and O–H groups in total. The number of nitrogens with zero attached hydrogens (tertiary/aromatic N) is 1. The Morgan fingerprint density at radius 1 is 1.29 bits per heavy atom. The van der Waals surface area contributed by atoms with Gasteiger partial charge in [-0.05, 0) is 50.3 Å². The van der Waals surface area contributed by atoms with Gasteiger partial charge in [-0.25, -0.2) is 12.5 Å². The highest BCUT2D eigenvalue weighted by Gasteiger charge is 2.25. The second kappa shape index (κ2) is 9.21. The molecule has 1 aliphatic rings. The lowest BCUT2D eigenvalue weighted by molar-refractivity contribution is 0.0850. The molecule has 0 spiro atoms. The second-order valence-electron chi connectivity index (χ2n) is 6.67. The van der Waals surface area contributed by atoms with E-state index >= 15 is 0 Å². The summed E-state index contributed by atoms with van der Waals surface area (Å²) in [6.45, 7) is 4.64. The van der Waals surface area contributed by atoms with Crippen LogP contribution in [0.1, 0.15) is 45.8 Å². The van der Waals surface area contributed by atoms with Crippen molar-refractivity contribution in [3.05, 3.63) is 50.8 Å². The summed E-state index contributed by atoms with van der Waals surface area (Å²) in [6, 6.07) is 4.78. The number of pyridine rings is 1. The molecule has 2 aromatic rings. The Morgan fingerprint density at radius 3 is 2.46 bits per heavy atom. The minimum Gasteiger partial charge on any atom is -0.508 e. The van der Waals surface area contributed by atoms with Crippen LogP contribution in [-0.4, -0.2) is 35.9 Å². The van der Waals surface area contributed by atoms with E-state index in [1.807, 2.05) is 6.92 Å². The third kappa shape index (κ3) is 4.05. The van der Waals surface area contributed by atoms with Crippen LogP contribution < -0.4 is 17.0 Å². The Kier molecular flexibility index (Phi) is 7.20. The molecule has 0 bridgehead atoms. The molecule has 1 saturated heterocycles. The van der Waals surface area contributed by atoms with Gasteiger partial charge in [-0.1, -0.05) is 6.07 Å². The third-order valence-corrected chi connectivity index (χ3v) is 5.02. The number of ether oxygens (including phenoxy) is 1. The predicted octanol–water partition coefficient (Wildman–Crippen LogP) is 1.73. The van der Waals surface area contributed by atoms with Gasteiger partial charge in [0.15, 0.2) is 7.12 Å². The summed E-state index contributed by atoms with van der Waals surface area (Å²) in [5, 5.41) is 10.1. The van der Waals surface area contributed by atoms with Gasteiger partial charge >= 0.3 is 0 Å². The second-order valence-corrected chi connectivity index (χ2v) is 6.67. The molecule has 1 aromatic heterocycles. The van der Waals surface area contributed by atoms with Gasteiger partial charge in [-0.15, -0.1) is 0 Å². The predicted molar refractivity (Wildman–Crippen MR) is 114 cm³/mol. The SMILES string of the molecule is Cc1ccc(O)c(C)c1-n1c(N)c(C(N)=O)cc(C2CCOCC2)c1=O.[B]S. The maximum atomic E-state index is 13.3. The van der Waals surface area contributed by atoms with Crippen molar-refractivity contribution in [3.8, 4) is 11.4 Å². The maximum Gasteiger partial charge on any atom is 0.260 e. The Morgan fingerprint density at radius 2 is 1.89 bits per heavy atom. The summed E-state index contributed by atoms with van der Waals surface area (Å²) in [5.41, 5.74) is 13.7. The van der Waals surface area contributed by atoms with Gasteiger partial charge in [0.1, 0.15) is 11.6 Å². The summed E-state index contributed by atoms with van der Waals surface area (Å²) < 4.78 is 6.67. The number of phenolic OH excluding ortho intramolecular Hbond substituents is 1. The van der Waals surface area contributed by atoms with Crippen molar-refractivity contribution in [3.63, 3.8) is 0 Å². The minimum absolute atomic E-state index is 0.0184. The van der Waals surface area contributed by atoms with Crippen molar-refractivity contribution in [1.82, 2.24) is 4.57 Å². The van der Waals surface area contributed by atoms with Crippen LogP contribution in [0.2, 0.25) is 0 Å². The molecule has 0 aliphatic carbocycles. The first kappa shape index (κ1) is 21.9. The van der Waals surface area contributed by atoms with Crippen molar-refractivity contribution in [2.75, 3.05) is 18.9 Å². The summed E-state index contributed by atoms with van der Waals surface area (Å²) in [4.78, 5) is 25.2. The van der Waals surface area contributed by atoms with Crippen LogP contribution in [0.15, 0.2) is 23.0 Å². The quantitative estimate of drug-likeness (QED) is 0.461. The largest absolute Gasteiger partial charge is 0.508 e. The average Bonchev–Trinajstić information content (AvgIpc) is 2.69. The Hall–Kier alpha value is -2.39. The summed E-state index contributed by atoms with van der Waals surface area (Å²) in [5.74, 6) is -0.691. The van der Waals surface area contributed by atoms with Gasteiger partial charge < -0.3 is 21.3 Å². The smallest absolute Gasteiger partial charge is 0.260 e. The fourth-order valence-corrected chi connectivity index (χ4v) is 3.54. The van der Waals surface area contributed by atoms with Crippen LogP contribution in [0.25, 0.3) is 5.69 Å². The van der Waals surface area contributed by atoms with E-state index in [1.165, 1.54) is 10.6 Å². The van der Waals surface area contributed by atoms with Gasteiger partial charge in [0.05, 0.1) is 11.3 Å². The van der Waals surface area contributed by atoms with Crippen molar-refractivity contribution in [1.29, 1.82) is 0 Å². The van der Waals surface area contributed by atoms with Gasteiger partial charge in [-0.3, -0.25) is 14.2 Å². The van der Waals surface area contributed by atoms with E-state index in [9.17, 15) is 14.7 Å². The average molecular weight is 401 g/mol. The highest BCUT2D eigenvalue weighted by atomic mass is 32.1. The molecule has 9 heteroatoms. The number of aromatic nitrogens is 1. The Bertz CT molecular complexity index is 940. The van der Waals surface area contributed by atoms with Crippen LogP contribution in [-0.2, 0) is 4.74 Å². The number of nitrogen functional groups attached to an aromatic ring is 1. The topological polar surface area (TPSA) is 121 Å². The van der Waals surface area contributed by atoms with Crippen LogP contribution in [0.3, 0.4) is 0 Å². The number of rotatable bonds is 3. The number of hydrogen-bond donors (Lipinski definition) is 4. The number of thiol groups is 1. The number of anilines is 1.